The monoisotopic (exact) mass is 297 g/mol. The molecule has 0 aromatic carbocycles. The summed E-state index contributed by atoms with van der Waals surface area (Å²) in [4.78, 5) is 15.5. The van der Waals surface area contributed by atoms with Crippen LogP contribution in [0.25, 0.3) is 0 Å². The van der Waals surface area contributed by atoms with Crippen LogP contribution in [0.5, 0.6) is 0 Å². The molecule has 8 heteroatoms. The summed E-state index contributed by atoms with van der Waals surface area (Å²) in [5.74, 6) is -0.604. The van der Waals surface area contributed by atoms with Crippen molar-refractivity contribution in [2.75, 3.05) is 46.9 Å². The second kappa shape index (κ2) is 7.24. The summed E-state index contributed by atoms with van der Waals surface area (Å²) < 4.78 is 41.8. The van der Waals surface area contributed by atoms with Crippen LogP contribution in [-0.2, 0) is 9.53 Å². The maximum absolute atomic E-state index is 12.1. The molecule has 1 heterocycles. The molecule has 2 atom stereocenters. The van der Waals surface area contributed by atoms with Gasteiger partial charge in [-0.05, 0) is 21.0 Å². The summed E-state index contributed by atoms with van der Waals surface area (Å²) in [6, 6.07) is -0.592. The number of alkyl halides is 3. The minimum Gasteiger partial charge on any atom is -0.374 e. The van der Waals surface area contributed by atoms with E-state index in [0.29, 0.717) is 26.2 Å². The third-order valence-electron chi connectivity index (χ3n) is 3.13. The largest absolute Gasteiger partial charge is 0.405 e. The number of hydrogen-bond acceptors (Lipinski definition) is 4. The third kappa shape index (κ3) is 6.06. The Balaban J connectivity index is 2.45. The molecule has 1 aliphatic rings. The number of carbonyl (C=O) groups excluding carboxylic acids is 1. The van der Waals surface area contributed by atoms with E-state index < -0.39 is 24.7 Å². The summed E-state index contributed by atoms with van der Waals surface area (Å²) in [7, 11) is 3.84. The minimum atomic E-state index is -4.38. The van der Waals surface area contributed by atoms with Crippen molar-refractivity contribution in [2.45, 2.75) is 25.2 Å². The number of nitrogens with one attached hydrogen (secondary N) is 1. The molecule has 0 aromatic heterocycles. The predicted octanol–water partition coefficient (Wildman–Crippen LogP) is 0.316. The molecule has 5 nitrogen and oxygen atoms in total. The molecule has 20 heavy (non-hydrogen) atoms. The van der Waals surface area contributed by atoms with Crippen molar-refractivity contribution in [1.29, 1.82) is 0 Å². The Hall–Kier alpha value is -0.860. The number of hydrogen-bond donors (Lipinski definition) is 1. The van der Waals surface area contributed by atoms with Crippen LogP contribution in [0.1, 0.15) is 6.92 Å². The van der Waals surface area contributed by atoms with Crippen LogP contribution in [0.2, 0.25) is 0 Å². The number of amides is 1. The van der Waals surface area contributed by atoms with Gasteiger partial charge in [0.2, 0.25) is 5.91 Å². The smallest absolute Gasteiger partial charge is 0.374 e. The van der Waals surface area contributed by atoms with E-state index in [1.807, 2.05) is 29.2 Å². The van der Waals surface area contributed by atoms with E-state index in [4.69, 9.17) is 4.74 Å². The molecule has 1 N–H and O–H groups in total. The van der Waals surface area contributed by atoms with Crippen LogP contribution in [-0.4, -0.2) is 80.9 Å². The zero-order valence-corrected chi connectivity index (χ0v) is 12.0. The standard InChI is InChI=1S/C12H22F3N3O2/c1-9(11(19)16-8-12(13,14)15)18-4-5-20-10(7-18)6-17(2)3/h9-10H,4-8H2,1-3H3,(H,16,19)/t9-,10-/m1/s1. The first-order valence-electron chi connectivity index (χ1n) is 6.54. The summed E-state index contributed by atoms with van der Waals surface area (Å²) >= 11 is 0. The lowest BCUT2D eigenvalue weighted by Gasteiger charge is -2.37. The van der Waals surface area contributed by atoms with Crippen molar-refractivity contribution in [3.05, 3.63) is 0 Å². The topological polar surface area (TPSA) is 44.8 Å². The van der Waals surface area contributed by atoms with E-state index in [0.717, 1.165) is 0 Å². The van der Waals surface area contributed by atoms with Gasteiger partial charge in [-0.3, -0.25) is 9.69 Å². The Kier molecular flexibility index (Phi) is 6.22. The predicted molar refractivity (Wildman–Crippen MR) is 68.4 cm³/mol. The Morgan fingerprint density at radius 1 is 1.50 bits per heavy atom. The molecular formula is C12H22F3N3O2. The van der Waals surface area contributed by atoms with Crippen LogP contribution in [0.15, 0.2) is 0 Å². The van der Waals surface area contributed by atoms with Crippen molar-refractivity contribution < 1.29 is 22.7 Å². The molecule has 0 unspecified atom stereocenters. The lowest BCUT2D eigenvalue weighted by Crippen LogP contribution is -2.54. The van der Waals surface area contributed by atoms with Gasteiger partial charge >= 0.3 is 6.18 Å². The third-order valence-corrected chi connectivity index (χ3v) is 3.13. The van der Waals surface area contributed by atoms with Gasteiger partial charge in [0.25, 0.3) is 0 Å². The van der Waals surface area contributed by atoms with Crippen LogP contribution >= 0.6 is 0 Å². The molecule has 0 aromatic rings. The van der Waals surface area contributed by atoms with Gasteiger partial charge in [-0.1, -0.05) is 0 Å². The van der Waals surface area contributed by atoms with E-state index in [-0.39, 0.29) is 6.10 Å². The molecule has 0 radical (unpaired) electrons. The van der Waals surface area contributed by atoms with Gasteiger partial charge in [0.05, 0.1) is 18.8 Å². The van der Waals surface area contributed by atoms with Crippen molar-refractivity contribution in [2.24, 2.45) is 0 Å². The SMILES string of the molecule is C[C@H](C(=O)NCC(F)(F)F)N1CCO[C@H](CN(C)C)C1. The molecular weight excluding hydrogens is 275 g/mol. The summed E-state index contributed by atoms with van der Waals surface area (Å²) in [5.41, 5.74) is 0. The van der Waals surface area contributed by atoms with E-state index in [1.54, 1.807) is 6.92 Å². The van der Waals surface area contributed by atoms with Crippen LogP contribution in [0.4, 0.5) is 13.2 Å². The van der Waals surface area contributed by atoms with Crippen molar-refractivity contribution >= 4 is 5.91 Å². The summed E-state index contributed by atoms with van der Waals surface area (Å²) in [5, 5.41) is 1.92. The molecule has 0 spiro atoms. The summed E-state index contributed by atoms with van der Waals surface area (Å²) in [6.45, 7) is 2.61. The molecule has 1 fully saturated rings. The van der Waals surface area contributed by atoms with Gasteiger partial charge in [-0.2, -0.15) is 13.2 Å². The maximum atomic E-state index is 12.1. The zero-order chi connectivity index (χ0) is 15.3. The first kappa shape index (κ1) is 17.2. The van der Waals surface area contributed by atoms with E-state index in [9.17, 15) is 18.0 Å². The van der Waals surface area contributed by atoms with Gasteiger partial charge in [-0.15, -0.1) is 0 Å². The Labute approximate surface area is 117 Å². The van der Waals surface area contributed by atoms with Crippen molar-refractivity contribution in [3.63, 3.8) is 0 Å². The number of carbonyl (C=O) groups is 1. The molecule has 0 saturated carbocycles. The lowest BCUT2D eigenvalue weighted by molar-refractivity contribution is -0.143. The number of rotatable bonds is 5. The van der Waals surface area contributed by atoms with Crippen LogP contribution in [0, 0.1) is 0 Å². The van der Waals surface area contributed by atoms with Crippen LogP contribution < -0.4 is 5.32 Å². The van der Waals surface area contributed by atoms with Gasteiger partial charge in [0.1, 0.15) is 6.54 Å². The van der Waals surface area contributed by atoms with Gasteiger partial charge in [-0.25, -0.2) is 0 Å². The molecule has 1 amide bonds. The highest BCUT2D eigenvalue weighted by atomic mass is 19.4. The number of halogens is 3. The number of morpholine rings is 1. The van der Waals surface area contributed by atoms with E-state index >= 15 is 0 Å². The molecule has 1 saturated heterocycles. The fourth-order valence-corrected chi connectivity index (χ4v) is 2.11. The van der Waals surface area contributed by atoms with Gasteiger partial charge in [0, 0.05) is 19.6 Å². The Morgan fingerprint density at radius 2 is 2.15 bits per heavy atom. The minimum absolute atomic E-state index is 0.0309. The van der Waals surface area contributed by atoms with Gasteiger partial charge < -0.3 is 15.0 Å². The number of likely N-dealkylation sites (N-methyl/N-ethyl adjacent to an activating group) is 1. The Morgan fingerprint density at radius 3 is 2.70 bits per heavy atom. The number of ether oxygens (including phenoxy) is 1. The first-order chi connectivity index (χ1) is 9.19. The number of nitrogens with zero attached hydrogens (tertiary/aromatic N) is 2. The molecule has 1 aliphatic heterocycles. The lowest BCUT2D eigenvalue weighted by atomic mass is 10.2. The molecule has 0 aliphatic carbocycles. The van der Waals surface area contributed by atoms with Crippen molar-refractivity contribution in [1.82, 2.24) is 15.1 Å². The Bertz CT molecular complexity index is 324. The highest BCUT2D eigenvalue weighted by Crippen LogP contribution is 2.13. The normalized spacial score (nSPS) is 22.9. The molecule has 1 rings (SSSR count). The molecule has 0 bridgehead atoms. The highest BCUT2D eigenvalue weighted by Gasteiger charge is 2.31. The zero-order valence-electron chi connectivity index (χ0n) is 12.0. The highest BCUT2D eigenvalue weighted by molar-refractivity contribution is 5.81. The molecule has 118 valence electrons. The second-order valence-electron chi connectivity index (χ2n) is 5.26. The van der Waals surface area contributed by atoms with Crippen molar-refractivity contribution in [3.8, 4) is 0 Å². The first-order valence-corrected chi connectivity index (χ1v) is 6.54. The van der Waals surface area contributed by atoms with Gasteiger partial charge in [0.15, 0.2) is 0 Å². The average molecular weight is 297 g/mol. The fourth-order valence-electron chi connectivity index (χ4n) is 2.11. The fraction of sp³-hybridized carbons (Fsp3) is 0.917. The maximum Gasteiger partial charge on any atom is 0.405 e. The second-order valence-corrected chi connectivity index (χ2v) is 5.26. The van der Waals surface area contributed by atoms with E-state index in [2.05, 4.69) is 0 Å². The van der Waals surface area contributed by atoms with E-state index in [1.165, 1.54) is 0 Å². The summed E-state index contributed by atoms with van der Waals surface area (Å²) in [6.07, 6.45) is -4.41. The average Bonchev–Trinajstić information content (AvgIpc) is 2.33. The quantitative estimate of drug-likeness (QED) is 0.793. The van der Waals surface area contributed by atoms with Crippen LogP contribution in [0.3, 0.4) is 0 Å².